The van der Waals surface area contributed by atoms with Crippen LogP contribution in [0.25, 0.3) is 22.4 Å². The van der Waals surface area contributed by atoms with E-state index in [0.29, 0.717) is 0 Å². The van der Waals surface area contributed by atoms with Gasteiger partial charge in [0.25, 0.3) is 0 Å². The Morgan fingerprint density at radius 1 is 0.833 bits per heavy atom. The summed E-state index contributed by atoms with van der Waals surface area (Å²) in [7, 11) is -1.41. The number of nitrogens with zero attached hydrogens (tertiary/aromatic N) is 2. The van der Waals surface area contributed by atoms with Crippen molar-refractivity contribution in [2.75, 3.05) is 0 Å². The molecule has 0 amide bonds. The van der Waals surface area contributed by atoms with Crippen LogP contribution in [0.4, 0.5) is 0 Å². The maximum atomic E-state index is 4.91. The third kappa shape index (κ3) is 4.72. The second kappa shape index (κ2) is 8.47. The van der Waals surface area contributed by atoms with Crippen LogP contribution in [-0.4, -0.2) is 18.0 Å². The van der Waals surface area contributed by atoms with Crippen molar-refractivity contribution in [2.45, 2.75) is 65.6 Å². The molecule has 3 aromatic rings. The van der Waals surface area contributed by atoms with Crippen LogP contribution in [0, 0.1) is 19.8 Å². The summed E-state index contributed by atoms with van der Waals surface area (Å²) in [5, 5.41) is 1.54. The average Bonchev–Trinajstić information content (AvgIpc) is 3.19. The molecule has 2 heterocycles. The lowest BCUT2D eigenvalue weighted by atomic mass is 9.96. The van der Waals surface area contributed by atoms with Gasteiger partial charge >= 0.3 is 0 Å². The fourth-order valence-corrected chi connectivity index (χ4v) is 6.45. The fraction of sp³-hybridized carbons (Fsp3) is 0.407. The Kier molecular flexibility index (Phi) is 5.92. The molecule has 2 aromatic heterocycles. The molecule has 0 bridgehead atoms. The third-order valence-electron chi connectivity index (χ3n) is 6.38. The number of rotatable bonds is 5. The predicted molar refractivity (Wildman–Crippen MR) is 131 cm³/mol. The molecule has 0 N–H and O–H groups in total. The lowest BCUT2D eigenvalue weighted by molar-refractivity contribution is 0.547. The summed E-state index contributed by atoms with van der Waals surface area (Å²) in [5.41, 5.74) is 8.46. The molecule has 1 aliphatic rings. The van der Waals surface area contributed by atoms with E-state index in [0.717, 1.165) is 23.0 Å². The Labute approximate surface area is 182 Å². The molecule has 0 atom stereocenters. The zero-order chi connectivity index (χ0) is 21.3. The van der Waals surface area contributed by atoms with Gasteiger partial charge < -0.3 is 0 Å². The normalized spacial score (nSPS) is 15.0. The molecular weight excluding hydrogens is 380 g/mol. The van der Waals surface area contributed by atoms with Gasteiger partial charge in [-0.25, -0.2) is 0 Å². The second-order valence-corrected chi connectivity index (χ2v) is 15.1. The molecule has 4 rings (SSSR count). The SMILES string of the molecule is Cc1cc(-c2ccc(-c3cc(CC4CCCC4)c([Si](C)(C)C)cn3)cc2)cc(C)n1. The van der Waals surface area contributed by atoms with Crippen LogP contribution in [0.3, 0.4) is 0 Å². The lowest BCUT2D eigenvalue weighted by Crippen LogP contribution is -2.41. The molecule has 0 aliphatic heterocycles. The minimum atomic E-state index is -1.41. The number of pyridine rings is 2. The molecule has 1 aromatic carbocycles. The van der Waals surface area contributed by atoms with Crippen molar-refractivity contribution in [2.24, 2.45) is 5.92 Å². The van der Waals surface area contributed by atoms with Gasteiger partial charge in [-0.1, -0.05) is 69.6 Å². The third-order valence-corrected chi connectivity index (χ3v) is 8.44. The first kappa shape index (κ1) is 21.0. The molecule has 0 unspecified atom stereocenters. The number of hydrogen-bond acceptors (Lipinski definition) is 2. The number of benzene rings is 1. The summed E-state index contributed by atoms with van der Waals surface area (Å²) in [4.78, 5) is 9.40. The summed E-state index contributed by atoms with van der Waals surface area (Å²) in [6.07, 6.45) is 9.00. The highest BCUT2D eigenvalue weighted by molar-refractivity contribution is 6.89. The van der Waals surface area contributed by atoms with E-state index in [4.69, 9.17) is 4.98 Å². The summed E-state index contributed by atoms with van der Waals surface area (Å²) in [6.45, 7) is 11.4. The minimum absolute atomic E-state index is 0.857. The molecule has 0 radical (unpaired) electrons. The van der Waals surface area contributed by atoms with Crippen molar-refractivity contribution < 1.29 is 0 Å². The largest absolute Gasteiger partial charge is 0.258 e. The van der Waals surface area contributed by atoms with Crippen molar-refractivity contribution in [1.82, 2.24) is 9.97 Å². The minimum Gasteiger partial charge on any atom is -0.258 e. The van der Waals surface area contributed by atoms with E-state index in [2.05, 4.69) is 87.1 Å². The highest BCUT2D eigenvalue weighted by Gasteiger charge is 2.24. The van der Waals surface area contributed by atoms with Gasteiger partial charge in [0.2, 0.25) is 0 Å². The number of aryl methyl sites for hydroxylation is 2. The van der Waals surface area contributed by atoms with Crippen molar-refractivity contribution in [3.8, 4) is 22.4 Å². The molecule has 0 spiro atoms. The zero-order valence-corrected chi connectivity index (χ0v) is 20.1. The Bertz CT molecular complexity index is 1010. The summed E-state index contributed by atoms with van der Waals surface area (Å²) in [5.74, 6) is 0.857. The van der Waals surface area contributed by atoms with Gasteiger partial charge in [-0.15, -0.1) is 0 Å². The predicted octanol–water partition coefficient (Wildman–Crippen LogP) is 6.71. The summed E-state index contributed by atoms with van der Waals surface area (Å²) < 4.78 is 0. The summed E-state index contributed by atoms with van der Waals surface area (Å²) in [6, 6.07) is 15.6. The molecule has 1 fully saturated rings. The van der Waals surface area contributed by atoms with E-state index >= 15 is 0 Å². The van der Waals surface area contributed by atoms with Gasteiger partial charge in [0.1, 0.15) is 0 Å². The molecule has 2 nitrogen and oxygen atoms in total. The maximum absolute atomic E-state index is 4.91. The Balaban J connectivity index is 1.66. The van der Waals surface area contributed by atoms with E-state index < -0.39 is 8.07 Å². The standard InChI is InChI=1S/C27H34N2Si/c1-19-14-24(15-20(2)29-19)22-10-12-23(13-11-22)26-17-25(16-21-8-6-7-9-21)27(18-28-26)30(3,4)5/h10-15,17-18,21H,6-9,16H2,1-5H3. The van der Waals surface area contributed by atoms with E-state index in [1.807, 2.05) is 0 Å². The molecule has 1 saturated carbocycles. The highest BCUT2D eigenvalue weighted by Crippen LogP contribution is 2.30. The van der Waals surface area contributed by atoms with Crippen LogP contribution in [0.2, 0.25) is 19.6 Å². The van der Waals surface area contributed by atoms with Crippen molar-refractivity contribution in [1.29, 1.82) is 0 Å². The molecule has 1 aliphatic carbocycles. The first-order chi connectivity index (χ1) is 14.3. The highest BCUT2D eigenvalue weighted by atomic mass is 28.3. The summed E-state index contributed by atoms with van der Waals surface area (Å²) >= 11 is 0. The molecule has 0 saturated heterocycles. The Hall–Kier alpha value is -2.26. The average molecular weight is 415 g/mol. The number of hydrogen-bond donors (Lipinski definition) is 0. The Morgan fingerprint density at radius 2 is 1.43 bits per heavy atom. The molecule has 3 heteroatoms. The van der Waals surface area contributed by atoms with Gasteiger partial charge in [0.15, 0.2) is 0 Å². The van der Waals surface area contributed by atoms with E-state index in [1.54, 1.807) is 5.56 Å². The van der Waals surface area contributed by atoms with Crippen LogP contribution < -0.4 is 5.19 Å². The first-order valence-electron chi connectivity index (χ1n) is 11.3. The van der Waals surface area contributed by atoms with Crippen molar-refractivity contribution in [3.05, 3.63) is 65.6 Å². The van der Waals surface area contributed by atoms with E-state index in [9.17, 15) is 0 Å². The van der Waals surface area contributed by atoms with E-state index in [1.165, 1.54) is 54.0 Å². The van der Waals surface area contributed by atoms with Crippen LogP contribution in [0.1, 0.15) is 42.6 Å². The maximum Gasteiger partial charge on any atom is 0.0799 e. The molecule has 30 heavy (non-hydrogen) atoms. The van der Waals surface area contributed by atoms with Gasteiger partial charge in [0.05, 0.1) is 13.8 Å². The fourth-order valence-electron chi connectivity index (χ4n) is 4.86. The quantitative estimate of drug-likeness (QED) is 0.434. The van der Waals surface area contributed by atoms with E-state index in [-0.39, 0.29) is 0 Å². The van der Waals surface area contributed by atoms with Gasteiger partial charge in [-0.2, -0.15) is 0 Å². The second-order valence-electron chi connectivity index (χ2n) is 10.0. The van der Waals surface area contributed by atoms with Gasteiger partial charge in [-0.3, -0.25) is 9.97 Å². The first-order valence-corrected chi connectivity index (χ1v) is 14.8. The topological polar surface area (TPSA) is 25.8 Å². The lowest BCUT2D eigenvalue weighted by Gasteiger charge is -2.23. The van der Waals surface area contributed by atoms with Crippen LogP contribution in [0.15, 0.2) is 48.7 Å². The molecular formula is C27H34N2Si. The van der Waals surface area contributed by atoms with Crippen LogP contribution in [-0.2, 0) is 6.42 Å². The zero-order valence-electron chi connectivity index (χ0n) is 19.1. The van der Waals surface area contributed by atoms with Gasteiger partial charge in [-0.05, 0) is 66.3 Å². The smallest absolute Gasteiger partial charge is 0.0799 e. The van der Waals surface area contributed by atoms with Crippen LogP contribution >= 0.6 is 0 Å². The van der Waals surface area contributed by atoms with Gasteiger partial charge in [0, 0.05) is 23.1 Å². The monoisotopic (exact) mass is 414 g/mol. The Morgan fingerprint density at radius 3 is 2.03 bits per heavy atom. The van der Waals surface area contributed by atoms with Crippen molar-refractivity contribution in [3.63, 3.8) is 0 Å². The molecule has 156 valence electrons. The van der Waals surface area contributed by atoms with Crippen molar-refractivity contribution >= 4 is 13.3 Å². The van der Waals surface area contributed by atoms with Crippen LogP contribution in [0.5, 0.6) is 0 Å². The number of aromatic nitrogens is 2.